The summed E-state index contributed by atoms with van der Waals surface area (Å²) in [6.07, 6.45) is 2.52. The normalized spacial score (nSPS) is 12.4. The van der Waals surface area contributed by atoms with E-state index in [1.807, 2.05) is 20.8 Å². The number of aryl methyl sites for hydroxylation is 1. The van der Waals surface area contributed by atoms with E-state index in [9.17, 15) is 4.79 Å². The van der Waals surface area contributed by atoms with Gasteiger partial charge in [0.2, 0.25) is 5.16 Å². The van der Waals surface area contributed by atoms with Gasteiger partial charge >= 0.3 is 5.97 Å². The van der Waals surface area contributed by atoms with E-state index in [-0.39, 0.29) is 11.2 Å². The number of carbonyl (C=O) groups excluding carboxylic acids is 1. The molecule has 1 rings (SSSR count). The van der Waals surface area contributed by atoms with E-state index in [0.29, 0.717) is 11.8 Å². The maximum Gasteiger partial charge on any atom is 0.319 e. The topological polar surface area (TPSA) is 67.9 Å². The van der Waals surface area contributed by atoms with Crippen molar-refractivity contribution in [3.63, 3.8) is 0 Å². The van der Waals surface area contributed by atoms with Crippen molar-refractivity contribution in [2.45, 2.75) is 50.4 Å². The van der Waals surface area contributed by atoms with Crippen LogP contribution in [0.2, 0.25) is 0 Å². The van der Waals surface area contributed by atoms with Gasteiger partial charge in [-0.3, -0.25) is 9.89 Å². The van der Waals surface area contributed by atoms with Crippen molar-refractivity contribution in [1.82, 2.24) is 15.2 Å². The Morgan fingerprint density at radius 3 is 2.76 bits per heavy atom. The summed E-state index contributed by atoms with van der Waals surface area (Å²) < 4.78 is 5.04. The van der Waals surface area contributed by atoms with Crippen LogP contribution in [0.3, 0.4) is 0 Å². The lowest BCUT2D eigenvalue weighted by Crippen LogP contribution is -2.20. The van der Waals surface area contributed by atoms with Crippen LogP contribution in [0.5, 0.6) is 0 Å². The summed E-state index contributed by atoms with van der Waals surface area (Å²) >= 11 is 1.37. The highest BCUT2D eigenvalue weighted by Crippen LogP contribution is 2.24. The molecule has 1 heterocycles. The summed E-state index contributed by atoms with van der Waals surface area (Å²) in [6, 6.07) is 0. The Labute approximate surface area is 106 Å². The van der Waals surface area contributed by atoms with Gasteiger partial charge in [-0.05, 0) is 13.3 Å². The summed E-state index contributed by atoms with van der Waals surface area (Å²) in [5.74, 6) is 0.661. The average molecular weight is 257 g/mol. The van der Waals surface area contributed by atoms with Crippen LogP contribution in [0.1, 0.15) is 39.4 Å². The first-order valence-corrected chi connectivity index (χ1v) is 6.83. The number of aromatic nitrogens is 3. The molecule has 0 saturated heterocycles. The number of hydrogen-bond acceptors (Lipinski definition) is 5. The van der Waals surface area contributed by atoms with Crippen LogP contribution in [0.15, 0.2) is 5.16 Å². The second kappa shape index (κ2) is 7.32. The third-order valence-electron chi connectivity index (χ3n) is 2.19. The predicted molar refractivity (Wildman–Crippen MR) is 66.9 cm³/mol. The van der Waals surface area contributed by atoms with Gasteiger partial charge in [0.25, 0.3) is 0 Å². The third-order valence-corrected chi connectivity index (χ3v) is 3.30. The molecule has 0 aliphatic heterocycles. The first-order chi connectivity index (χ1) is 8.21. The lowest BCUT2D eigenvalue weighted by molar-refractivity contribution is -0.142. The smallest absolute Gasteiger partial charge is 0.319 e. The van der Waals surface area contributed by atoms with E-state index in [4.69, 9.17) is 4.74 Å². The minimum absolute atomic E-state index is 0.179. The zero-order valence-corrected chi connectivity index (χ0v) is 11.3. The van der Waals surface area contributed by atoms with Crippen LogP contribution in [0.25, 0.3) is 0 Å². The molecule has 5 nitrogen and oxygen atoms in total. The first-order valence-electron chi connectivity index (χ1n) is 5.95. The number of esters is 1. The Kier molecular flexibility index (Phi) is 6.04. The van der Waals surface area contributed by atoms with E-state index < -0.39 is 0 Å². The van der Waals surface area contributed by atoms with Crippen LogP contribution in [-0.4, -0.2) is 33.0 Å². The average Bonchev–Trinajstić information content (AvgIpc) is 2.76. The Morgan fingerprint density at radius 1 is 1.47 bits per heavy atom. The number of hydrogen-bond donors (Lipinski definition) is 1. The van der Waals surface area contributed by atoms with Crippen molar-refractivity contribution in [2.75, 3.05) is 6.61 Å². The van der Waals surface area contributed by atoms with Crippen molar-refractivity contribution in [3.8, 4) is 0 Å². The van der Waals surface area contributed by atoms with Gasteiger partial charge in [-0.25, -0.2) is 4.98 Å². The fraction of sp³-hybridized carbons (Fsp3) is 0.727. The molecule has 96 valence electrons. The highest BCUT2D eigenvalue weighted by atomic mass is 32.2. The molecule has 0 aliphatic carbocycles. The standard InChI is InChI=1S/C11H19N3O2S/c1-4-7-8(10(15)16-6-3)17-11-12-9(5-2)13-14-11/h8H,4-7H2,1-3H3,(H,12,13,14)/t8-/m0/s1. The molecule has 0 aromatic carbocycles. The van der Waals surface area contributed by atoms with Crippen molar-refractivity contribution < 1.29 is 9.53 Å². The molecule has 1 atom stereocenters. The van der Waals surface area contributed by atoms with Crippen LogP contribution in [0.4, 0.5) is 0 Å². The minimum Gasteiger partial charge on any atom is -0.465 e. The summed E-state index contributed by atoms with van der Waals surface area (Å²) in [5, 5.41) is 7.32. The molecule has 17 heavy (non-hydrogen) atoms. The predicted octanol–water partition coefficient (Wildman–Crippen LogP) is 2.19. The highest BCUT2D eigenvalue weighted by Gasteiger charge is 2.22. The van der Waals surface area contributed by atoms with Gasteiger partial charge < -0.3 is 4.74 Å². The van der Waals surface area contributed by atoms with Gasteiger partial charge in [0, 0.05) is 6.42 Å². The Morgan fingerprint density at radius 2 is 2.24 bits per heavy atom. The van der Waals surface area contributed by atoms with E-state index >= 15 is 0 Å². The number of rotatable bonds is 7. The quantitative estimate of drug-likeness (QED) is 0.599. The third kappa shape index (κ3) is 4.38. The number of ether oxygens (including phenoxy) is 1. The van der Waals surface area contributed by atoms with Crippen LogP contribution < -0.4 is 0 Å². The molecule has 0 saturated carbocycles. The maximum absolute atomic E-state index is 11.7. The number of carbonyl (C=O) groups is 1. The zero-order chi connectivity index (χ0) is 12.7. The van der Waals surface area contributed by atoms with Gasteiger partial charge in [-0.15, -0.1) is 5.10 Å². The van der Waals surface area contributed by atoms with Gasteiger partial charge in [-0.2, -0.15) is 0 Å². The molecular formula is C11H19N3O2S. The molecule has 0 fully saturated rings. The fourth-order valence-corrected chi connectivity index (χ4v) is 2.37. The molecule has 0 radical (unpaired) electrons. The molecule has 1 aromatic rings. The Balaban J connectivity index is 2.62. The molecule has 6 heteroatoms. The van der Waals surface area contributed by atoms with Crippen LogP contribution in [-0.2, 0) is 16.0 Å². The molecule has 1 aromatic heterocycles. The van der Waals surface area contributed by atoms with Crippen LogP contribution in [0, 0.1) is 0 Å². The molecule has 0 bridgehead atoms. The number of aromatic amines is 1. The summed E-state index contributed by atoms with van der Waals surface area (Å²) in [5.41, 5.74) is 0. The first kappa shape index (κ1) is 14.0. The van der Waals surface area contributed by atoms with Gasteiger partial charge in [0.1, 0.15) is 11.1 Å². The van der Waals surface area contributed by atoms with Crippen molar-refractivity contribution >= 4 is 17.7 Å². The van der Waals surface area contributed by atoms with Crippen molar-refractivity contribution in [2.24, 2.45) is 0 Å². The molecule has 1 N–H and O–H groups in total. The van der Waals surface area contributed by atoms with E-state index in [1.54, 1.807) is 0 Å². The second-order valence-electron chi connectivity index (χ2n) is 3.57. The zero-order valence-electron chi connectivity index (χ0n) is 10.5. The number of nitrogens with zero attached hydrogens (tertiary/aromatic N) is 2. The molecule has 0 amide bonds. The highest BCUT2D eigenvalue weighted by molar-refractivity contribution is 8.00. The molecule has 0 aliphatic rings. The van der Waals surface area contributed by atoms with E-state index in [0.717, 1.165) is 25.1 Å². The molecule has 0 unspecified atom stereocenters. The molecule has 0 spiro atoms. The van der Waals surface area contributed by atoms with E-state index in [2.05, 4.69) is 15.2 Å². The largest absolute Gasteiger partial charge is 0.465 e. The summed E-state index contributed by atoms with van der Waals surface area (Å²) in [6.45, 7) is 6.27. The SMILES string of the molecule is CCC[C@H](Sc1n[nH]c(CC)n1)C(=O)OCC. The number of nitrogens with one attached hydrogen (secondary N) is 1. The summed E-state index contributed by atoms with van der Waals surface area (Å²) in [7, 11) is 0. The maximum atomic E-state index is 11.7. The number of H-pyrrole nitrogens is 1. The van der Waals surface area contributed by atoms with Gasteiger partial charge in [0.15, 0.2) is 0 Å². The van der Waals surface area contributed by atoms with Crippen molar-refractivity contribution in [1.29, 1.82) is 0 Å². The minimum atomic E-state index is -0.208. The lowest BCUT2D eigenvalue weighted by atomic mass is 10.2. The Bertz CT molecular complexity index is 354. The van der Waals surface area contributed by atoms with Crippen LogP contribution >= 0.6 is 11.8 Å². The Hall–Kier alpha value is -1.04. The summed E-state index contributed by atoms with van der Waals surface area (Å²) in [4.78, 5) is 16.0. The van der Waals surface area contributed by atoms with Gasteiger partial charge in [0.05, 0.1) is 6.61 Å². The number of thioether (sulfide) groups is 1. The lowest BCUT2D eigenvalue weighted by Gasteiger charge is -2.11. The monoisotopic (exact) mass is 257 g/mol. The van der Waals surface area contributed by atoms with Gasteiger partial charge in [-0.1, -0.05) is 32.0 Å². The second-order valence-corrected chi connectivity index (χ2v) is 4.74. The van der Waals surface area contributed by atoms with Crippen molar-refractivity contribution in [3.05, 3.63) is 5.82 Å². The van der Waals surface area contributed by atoms with E-state index in [1.165, 1.54) is 11.8 Å². The fourth-order valence-electron chi connectivity index (χ4n) is 1.34. The molecular weight excluding hydrogens is 238 g/mol.